The van der Waals surface area contributed by atoms with Crippen molar-refractivity contribution in [2.45, 2.75) is 32.6 Å². The molecule has 6 nitrogen and oxygen atoms in total. The normalized spacial score (nSPS) is 16.5. The number of aromatic amines is 1. The molecule has 1 atom stereocenters. The number of aromatic nitrogens is 2. The number of hydrogen-bond acceptors (Lipinski definition) is 5. The Morgan fingerprint density at radius 3 is 2.83 bits per heavy atom. The average molecular weight is 324 g/mol. The number of ether oxygens (including phenoxy) is 2. The van der Waals surface area contributed by atoms with Crippen molar-refractivity contribution in [2.24, 2.45) is 5.73 Å². The number of nitrogens with one attached hydrogen (secondary N) is 1. The number of fused-ring (bicyclic) bond motifs is 1. The molecular weight excluding hydrogens is 304 g/mol. The van der Waals surface area contributed by atoms with Gasteiger partial charge in [0.1, 0.15) is 17.4 Å². The first-order valence-electron chi connectivity index (χ1n) is 7.95. The average Bonchev–Trinajstić information content (AvgIpc) is 2.98. The first kappa shape index (κ1) is 15.9. The molecule has 1 aromatic carbocycles. The Bertz CT molecular complexity index is 830. The number of benzene rings is 1. The first-order chi connectivity index (χ1) is 11.6. The van der Waals surface area contributed by atoms with Crippen molar-refractivity contribution in [1.29, 1.82) is 5.26 Å². The topological polar surface area (TPSA) is 96.9 Å². The van der Waals surface area contributed by atoms with Gasteiger partial charge in [-0.2, -0.15) is 5.26 Å². The molecule has 24 heavy (non-hydrogen) atoms. The van der Waals surface area contributed by atoms with E-state index in [0.29, 0.717) is 18.1 Å². The van der Waals surface area contributed by atoms with E-state index < -0.39 is 0 Å². The second-order valence-electron chi connectivity index (χ2n) is 5.91. The van der Waals surface area contributed by atoms with Gasteiger partial charge in [-0.15, -0.1) is 5.10 Å². The van der Waals surface area contributed by atoms with Crippen LogP contribution in [0.5, 0.6) is 11.6 Å². The summed E-state index contributed by atoms with van der Waals surface area (Å²) in [5.41, 5.74) is 9.02. The van der Waals surface area contributed by atoms with Crippen LogP contribution in [0.15, 0.2) is 35.7 Å². The Morgan fingerprint density at radius 2 is 2.17 bits per heavy atom. The molecule has 0 aliphatic carbocycles. The fourth-order valence-electron chi connectivity index (χ4n) is 3.03. The summed E-state index contributed by atoms with van der Waals surface area (Å²) in [6.45, 7) is 6.59. The molecule has 0 fully saturated rings. The second-order valence-corrected chi connectivity index (χ2v) is 5.91. The standard InChI is InChI=1S/C18H20N4O2/c1-4-23-13-8-6-5-7-11(13)14-12(9-19)17(20)24-18-15(14)16(10(2)3)21-22-18/h5-8,10,14H,4,20H2,1-3H3,(H,21,22)/t14-/m1/s1. The summed E-state index contributed by atoms with van der Waals surface area (Å²) in [4.78, 5) is 0. The van der Waals surface area contributed by atoms with E-state index in [1.807, 2.05) is 31.2 Å². The molecule has 0 bridgehead atoms. The monoisotopic (exact) mass is 324 g/mol. The van der Waals surface area contributed by atoms with Crippen LogP contribution in [-0.2, 0) is 0 Å². The van der Waals surface area contributed by atoms with Crippen molar-refractivity contribution in [2.75, 3.05) is 6.61 Å². The summed E-state index contributed by atoms with van der Waals surface area (Å²) in [6, 6.07) is 9.88. The van der Waals surface area contributed by atoms with Crippen molar-refractivity contribution in [3.8, 4) is 17.7 Å². The lowest BCUT2D eigenvalue weighted by Gasteiger charge is -2.26. The third-order valence-electron chi connectivity index (χ3n) is 4.08. The van der Waals surface area contributed by atoms with E-state index in [0.717, 1.165) is 22.6 Å². The van der Waals surface area contributed by atoms with Crippen LogP contribution in [0.4, 0.5) is 0 Å². The number of rotatable bonds is 4. The van der Waals surface area contributed by atoms with Gasteiger partial charge >= 0.3 is 0 Å². The number of hydrogen-bond donors (Lipinski definition) is 2. The minimum absolute atomic E-state index is 0.0862. The predicted octanol–water partition coefficient (Wildman–Crippen LogP) is 3.15. The zero-order valence-corrected chi connectivity index (χ0v) is 14.0. The van der Waals surface area contributed by atoms with Crippen molar-refractivity contribution >= 4 is 0 Å². The van der Waals surface area contributed by atoms with E-state index in [9.17, 15) is 5.26 Å². The van der Waals surface area contributed by atoms with Crippen LogP contribution in [0.3, 0.4) is 0 Å². The maximum absolute atomic E-state index is 9.67. The van der Waals surface area contributed by atoms with Gasteiger partial charge in [-0.05, 0) is 18.9 Å². The van der Waals surface area contributed by atoms with Crippen LogP contribution in [0.2, 0.25) is 0 Å². The number of H-pyrrole nitrogens is 1. The molecule has 1 aromatic heterocycles. The smallest absolute Gasteiger partial charge is 0.244 e. The van der Waals surface area contributed by atoms with Gasteiger partial charge in [-0.1, -0.05) is 32.0 Å². The molecule has 3 N–H and O–H groups in total. The van der Waals surface area contributed by atoms with Crippen molar-refractivity contribution in [3.05, 3.63) is 52.5 Å². The fourth-order valence-corrected chi connectivity index (χ4v) is 3.03. The highest BCUT2D eigenvalue weighted by Crippen LogP contribution is 2.46. The minimum Gasteiger partial charge on any atom is -0.494 e. The predicted molar refractivity (Wildman–Crippen MR) is 89.6 cm³/mol. The third kappa shape index (κ3) is 2.48. The van der Waals surface area contributed by atoms with Crippen LogP contribution in [0, 0.1) is 11.3 Å². The quantitative estimate of drug-likeness (QED) is 0.900. The zero-order valence-electron chi connectivity index (χ0n) is 14.0. The molecule has 3 rings (SSSR count). The van der Waals surface area contributed by atoms with Gasteiger partial charge in [0.2, 0.25) is 11.8 Å². The Balaban J connectivity index is 2.26. The summed E-state index contributed by atoms with van der Waals surface area (Å²) in [5, 5.41) is 16.9. The number of para-hydroxylation sites is 1. The molecule has 2 heterocycles. The van der Waals surface area contributed by atoms with Crippen LogP contribution >= 0.6 is 0 Å². The molecule has 0 radical (unpaired) electrons. The SMILES string of the molecule is CCOc1ccccc1[C@@H]1C(C#N)=C(N)Oc2n[nH]c(C(C)C)c21. The van der Waals surface area contributed by atoms with E-state index in [4.69, 9.17) is 15.2 Å². The molecule has 2 aromatic rings. The van der Waals surface area contributed by atoms with E-state index in [-0.39, 0.29) is 17.7 Å². The summed E-state index contributed by atoms with van der Waals surface area (Å²) < 4.78 is 11.3. The van der Waals surface area contributed by atoms with Gasteiger partial charge in [0.15, 0.2) is 0 Å². The van der Waals surface area contributed by atoms with E-state index in [1.54, 1.807) is 0 Å². The lowest BCUT2D eigenvalue weighted by atomic mass is 9.82. The van der Waals surface area contributed by atoms with Gasteiger partial charge in [0.05, 0.1) is 18.1 Å². The number of allylic oxidation sites excluding steroid dienone is 1. The molecule has 0 saturated carbocycles. The molecule has 124 valence electrons. The highest BCUT2D eigenvalue weighted by Gasteiger charge is 2.37. The Labute approximate surface area is 140 Å². The molecule has 0 amide bonds. The molecule has 0 saturated heterocycles. The van der Waals surface area contributed by atoms with Crippen LogP contribution in [0.1, 0.15) is 49.4 Å². The Hall–Kier alpha value is -2.94. The van der Waals surface area contributed by atoms with Gasteiger partial charge < -0.3 is 15.2 Å². The van der Waals surface area contributed by atoms with Crippen LogP contribution < -0.4 is 15.2 Å². The second kappa shape index (κ2) is 6.28. The van der Waals surface area contributed by atoms with Crippen LogP contribution in [-0.4, -0.2) is 16.8 Å². The van der Waals surface area contributed by atoms with Crippen molar-refractivity contribution < 1.29 is 9.47 Å². The lowest BCUT2D eigenvalue weighted by molar-refractivity contribution is 0.334. The van der Waals surface area contributed by atoms with E-state index in [1.165, 1.54) is 0 Å². The van der Waals surface area contributed by atoms with Gasteiger partial charge in [0.25, 0.3) is 0 Å². The number of nitrogens with two attached hydrogens (primary N) is 1. The van der Waals surface area contributed by atoms with E-state index in [2.05, 4.69) is 30.1 Å². The summed E-state index contributed by atoms with van der Waals surface area (Å²) in [7, 11) is 0. The maximum atomic E-state index is 9.67. The fraction of sp³-hybridized carbons (Fsp3) is 0.333. The zero-order chi connectivity index (χ0) is 17.3. The molecule has 0 spiro atoms. The Morgan fingerprint density at radius 1 is 1.42 bits per heavy atom. The minimum atomic E-state index is -0.363. The van der Waals surface area contributed by atoms with E-state index >= 15 is 0 Å². The highest BCUT2D eigenvalue weighted by atomic mass is 16.5. The maximum Gasteiger partial charge on any atom is 0.244 e. The van der Waals surface area contributed by atoms with Crippen molar-refractivity contribution in [3.63, 3.8) is 0 Å². The molecule has 1 aliphatic heterocycles. The summed E-state index contributed by atoms with van der Waals surface area (Å²) >= 11 is 0. The highest BCUT2D eigenvalue weighted by molar-refractivity contribution is 5.58. The molecule has 1 aliphatic rings. The largest absolute Gasteiger partial charge is 0.494 e. The third-order valence-corrected chi connectivity index (χ3v) is 4.08. The molecule has 0 unspecified atom stereocenters. The van der Waals surface area contributed by atoms with Gasteiger partial charge in [-0.25, -0.2) is 0 Å². The molecular formula is C18H20N4O2. The van der Waals surface area contributed by atoms with Gasteiger partial charge in [0, 0.05) is 11.3 Å². The molecule has 6 heteroatoms. The van der Waals surface area contributed by atoms with Crippen molar-refractivity contribution in [1.82, 2.24) is 10.2 Å². The van der Waals surface area contributed by atoms with Crippen LogP contribution in [0.25, 0.3) is 0 Å². The number of nitriles is 1. The Kier molecular flexibility index (Phi) is 4.17. The van der Waals surface area contributed by atoms with Gasteiger partial charge in [-0.3, -0.25) is 5.10 Å². The number of nitrogens with zero attached hydrogens (tertiary/aromatic N) is 2. The summed E-state index contributed by atoms with van der Waals surface area (Å²) in [6.07, 6.45) is 0. The lowest BCUT2D eigenvalue weighted by Crippen LogP contribution is -2.22. The summed E-state index contributed by atoms with van der Waals surface area (Å²) in [5.74, 6) is 1.08. The first-order valence-corrected chi connectivity index (χ1v) is 7.95.